The van der Waals surface area contributed by atoms with Gasteiger partial charge in [-0.05, 0) is 42.0 Å². The number of rotatable bonds is 7. The molecule has 0 aromatic heterocycles. The minimum Gasteiger partial charge on any atom is -0.506 e. The summed E-state index contributed by atoms with van der Waals surface area (Å²) in [5.41, 5.74) is 0.927. The minimum atomic E-state index is 0.333. The monoisotopic (exact) mass is 314 g/mol. The number of halogens is 1. The number of hydrogen-bond acceptors (Lipinski definition) is 3. The third-order valence-electron chi connectivity index (χ3n) is 3.14. The molecule has 0 spiro atoms. The Labute approximate surface area is 118 Å². The molecule has 0 saturated heterocycles. The number of phenolic OH excluding ortho intramolecular Hbond substituents is 1. The van der Waals surface area contributed by atoms with E-state index in [0.29, 0.717) is 18.3 Å². The van der Waals surface area contributed by atoms with Crippen LogP contribution < -0.4 is 5.32 Å². The van der Waals surface area contributed by atoms with Gasteiger partial charge in [0.1, 0.15) is 5.75 Å². The largest absolute Gasteiger partial charge is 0.506 e. The Morgan fingerprint density at radius 2 is 2.00 bits per heavy atom. The lowest BCUT2D eigenvalue weighted by atomic mass is 10.2. The molecule has 4 heteroatoms. The van der Waals surface area contributed by atoms with Crippen molar-refractivity contribution in [2.24, 2.45) is 0 Å². The highest BCUT2D eigenvalue weighted by molar-refractivity contribution is 9.10. The quantitative estimate of drug-likeness (QED) is 0.812. The van der Waals surface area contributed by atoms with E-state index >= 15 is 0 Å². The lowest BCUT2D eigenvalue weighted by Crippen LogP contribution is -2.38. The molecule has 0 aliphatic carbocycles. The van der Waals surface area contributed by atoms with Gasteiger partial charge in [0.15, 0.2) is 0 Å². The van der Waals surface area contributed by atoms with Gasteiger partial charge in [-0.1, -0.05) is 26.0 Å². The molecular weight excluding hydrogens is 292 g/mol. The van der Waals surface area contributed by atoms with E-state index in [1.54, 1.807) is 0 Å². The Morgan fingerprint density at radius 3 is 2.61 bits per heavy atom. The summed E-state index contributed by atoms with van der Waals surface area (Å²) in [6, 6.07) is 6.13. The minimum absolute atomic E-state index is 0.333. The van der Waals surface area contributed by atoms with Crippen LogP contribution in [0.2, 0.25) is 0 Å². The lowest BCUT2D eigenvalue weighted by molar-refractivity contribution is 0.270. The maximum atomic E-state index is 9.89. The summed E-state index contributed by atoms with van der Waals surface area (Å²) in [6.45, 7) is 10.4. The number of nitrogens with zero attached hydrogens (tertiary/aromatic N) is 1. The first kappa shape index (κ1) is 15.5. The first-order chi connectivity index (χ1) is 8.58. The zero-order valence-electron chi connectivity index (χ0n) is 11.4. The molecule has 18 heavy (non-hydrogen) atoms. The summed E-state index contributed by atoms with van der Waals surface area (Å²) in [7, 11) is 0. The highest BCUT2D eigenvalue weighted by atomic mass is 79.9. The number of hydrogen-bond donors (Lipinski definition) is 2. The van der Waals surface area contributed by atoms with Crippen molar-refractivity contribution in [3.63, 3.8) is 0 Å². The average molecular weight is 315 g/mol. The number of benzene rings is 1. The van der Waals surface area contributed by atoms with Gasteiger partial charge in [-0.15, -0.1) is 0 Å². The molecule has 102 valence electrons. The highest BCUT2D eigenvalue weighted by Crippen LogP contribution is 2.27. The number of nitrogens with one attached hydrogen (secondary N) is 1. The molecule has 0 fully saturated rings. The SMILES string of the molecule is CCN(CC)CC(C)NCc1cccc(Br)c1O. The molecule has 0 aliphatic heterocycles. The molecule has 1 aromatic rings. The third-order valence-corrected chi connectivity index (χ3v) is 3.78. The van der Waals surface area contributed by atoms with E-state index in [4.69, 9.17) is 0 Å². The summed E-state index contributed by atoms with van der Waals surface area (Å²) in [5.74, 6) is 0.333. The number of phenols is 1. The number of likely N-dealkylation sites (N-methyl/N-ethyl adjacent to an activating group) is 1. The van der Waals surface area contributed by atoms with E-state index in [1.165, 1.54) is 0 Å². The number of para-hydroxylation sites is 1. The van der Waals surface area contributed by atoms with Crippen LogP contribution in [0, 0.1) is 0 Å². The van der Waals surface area contributed by atoms with Crippen LogP contribution in [0.1, 0.15) is 26.3 Å². The van der Waals surface area contributed by atoms with Gasteiger partial charge in [-0.3, -0.25) is 0 Å². The fourth-order valence-electron chi connectivity index (χ4n) is 1.92. The van der Waals surface area contributed by atoms with Crippen LogP contribution in [0.3, 0.4) is 0 Å². The fraction of sp³-hybridized carbons (Fsp3) is 0.571. The fourth-order valence-corrected chi connectivity index (χ4v) is 2.33. The standard InChI is InChI=1S/C14H23BrN2O/c1-4-17(5-2)10-11(3)16-9-12-7-6-8-13(15)14(12)18/h6-8,11,16,18H,4-5,9-10H2,1-3H3. The molecule has 0 amide bonds. The Kier molecular flexibility index (Phi) is 6.68. The summed E-state index contributed by atoms with van der Waals surface area (Å²) in [6.07, 6.45) is 0. The van der Waals surface area contributed by atoms with Gasteiger partial charge in [-0.25, -0.2) is 0 Å². The smallest absolute Gasteiger partial charge is 0.134 e. The van der Waals surface area contributed by atoms with E-state index in [2.05, 4.69) is 46.9 Å². The molecular formula is C14H23BrN2O. The van der Waals surface area contributed by atoms with Crippen LogP contribution in [0.5, 0.6) is 5.75 Å². The van der Waals surface area contributed by atoms with Gasteiger partial charge < -0.3 is 15.3 Å². The first-order valence-corrected chi connectivity index (χ1v) is 7.29. The van der Waals surface area contributed by atoms with Crippen molar-refractivity contribution in [1.29, 1.82) is 0 Å². The van der Waals surface area contributed by atoms with E-state index in [-0.39, 0.29) is 0 Å². The van der Waals surface area contributed by atoms with Crippen LogP contribution in [0.4, 0.5) is 0 Å². The van der Waals surface area contributed by atoms with Gasteiger partial charge in [-0.2, -0.15) is 0 Å². The summed E-state index contributed by atoms with van der Waals surface area (Å²) in [4.78, 5) is 2.39. The van der Waals surface area contributed by atoms with Gasteiger partial charge in [0.2, 0.25) is 0 Å². The molecule has 2 N–H and O–H groups in total. The molecule has 1 aromatic carbocycles. The van der Waals surface area contributed by atoms with Gasteiger partial charge >= 0.3 is 0 Å². The van der Waals surface area contributed by atoms with Crippen molar-refractivity contribution in [3.8, 4) is 5.75 Å². The lowest BCUT2D eigenvalue weighted by Gasteiger charge is -2.23. The molecule has 3 nitrogen and oxygen atoms in total. The number of aromatic hydroxyl groups is 1. The van der Waals surface area contributed by atoms with E-state index < -0.39 is 0 Å². The second-order valence-electron chi connectivity index (χ2n) is 4.52. The molecule has 0 heterocycles. The van der Waals surface area contributed by atoms with Crippen molar-refractivity contribution in [2.45, 2.75) is 33.4 Å². The van der Waals surface area contributed by atoms with E-state index in [1.807, 2.05) is 18.2 Å². The van der Waals surface area contributed by atoms with Crippen LogP contribution in [-0.2, 0) is 6.54 Å². The van der Waals surface area contributed by atoms with Crippen LogP contribution in [0.25, 0.3) is 0 Å². The second-order valence-corrected chi connectivity index (χ2v) is 5.37. The first-order valence-electron chi connectivity index (χ1n) is 6.50. The van der Waals surface area contributed by atoms with Crippen molar-refractivity contribution < 1.29 is 5.11 Å². The van der Waals surface area contributed by atoms with Crippen molar-refractivity contribution in [3.05, 3.63) is 28.2 Å². The van der Waals surface area contributed by atoms with E-state index in [0.717, 1.165) is 29.7 Å². The van der Waals surface area contributed by atoms with Gasteiger partial charge in [0, 0.05) is 24.7 Å². The zero-order chi connectivity index (χ0) is 13.5. The van der Waals surface area contributed by atoms with E-state index in [9.17, 15) is 5.11 Å². The highest BCUT2D eigenvalue weighted by Gasteiger charge is 2.09. The molecule has 1 rings (SSSR count). The van der Waals surface area contributed by atoms with Crippen molar-refractivity contribution in [2.75, 3.05) is 19.6 Å². The maximum Gasteiger partial charge on any atom is 0.134 e. The molecule has 0 bridgehead atoms. The topological polar surface area (TPSA) is 35.5 Å². The van der Waals surface area contributed by atoms with Crippen LogP contribution in [0.15, 0.2) is 22.7 Å². The Bertz CT molecular complexity index is 367. The predicted octanol–water partition coefficient (Wildman–Crippen LogP) is 2.97. The molecule has 0 saturated carbocycles. The normalized spacial score (nSPS) is 12.9. The average Bonchev–Trinajstić information content (AvgIpc) is 2.37. The Hall–Kier alpha value is -0.580. The molecule has 1 atom stereocenters. The second kappa shape index (κ2) is 7.77. The van der Waals surface area contributed by atoms with Gasteiger partial charge in [0.05, 0.1) is 4.47 Å². The summed E-state index contributed by atoms with van der Waals surface area (Å²) < 4.78 is 0.748. The zero-order valence-corrected chi connectivity index (χ0v) is 13.0. The summed E-state index contributed by atoms with van der Waals surface area (Å²) >= 11 is 3.33. The van der Waals surface area contributed by atoms with Crippen LogP contribution >= 0.6 is 15.9 Å². The van der Waals surface area contributed by atoms with Crippen molar-refractivity contribution in [1.82, 2.24) is 10.2 Å². The predicted molar refractivity (Wildman–Crippen MR) is 79.9 cm³/mol. The Balaban J connectivity index is 2.47. The van der Waals surface area contributed by atoms with Crippen molar-refractivity contribution >= 4 is 15.9 Å². The molecule has 0 radical (unpaired) electrons. The Morgan fingerprint density at radius 1 is 1.33 bits per heavy atom. The molecule has 0 aliphatic rings. The third kappa shape index (κ3) is 4.59. The summed E-state index contributed by atoms with van der Waals surface area (Å²) in [5, 5.41) is 13.3. The van der Waals surface area contributed by atoms with Crippen LogP contribution in [-0.4, -0.2) is 35.7 Å². The maximum absolute atomic E-state index is 9.89. The molecule has 1 unspecified atom stereocenters. The van der Waals surface area contributed by atoms with Gasteiger partial charge in [0.25, 0.3) is 0 Å².